The van der Waals surface area contributed by atoms with Gasteiger partial charge in [0.1, 0.15) is 5.92 Å². The molecule has 8 atom stereocenters. The minimum atomic E-state index is -0.983. The molecule has 0 bridgehead atoms. The lowest BCUT2D eigenvalue weighted by Gasteiger charge is -2.50. The molecule has 6 heterocycles. The molecule has 1 saturated carbocycles. The highest BCUT2D eigenvalue weighted by molar-refractivity contribution is 7.98. The zero-order chi connectivity index (χ0) is 34.1. The molecule has 9 rings (SSSR count). The number of carbonyl (C=O) groups excluding carboxylic acids is 2. The Bertz CT molecular complexity index is 1970. The molecule has 50 heavy (non-hydrogen) atoms. The van der Waals surface area contributed by atoms with E-state index in [1.165, 1.54) is 29.4 Å². The third kappa shape index (κ3) is 4.80. The first-order valence-electron chi connectivity index (χ1n) is 17.2. The monoisotopic (exact) mass is 705 g/mol. The molecule has 1 N–H and O–H groups in total. The maximum absolute atomic E-state index is 14.0. The summed E-state index contributed by atoms with van der Waals surface area (Å²) >= 11 is 3.43. The topological polar surface area (TPSA) is 96.9 Å². The number of fused-ring (bicyclic) bond motifs is 9. The van der Waals surface area contributed by atoms with Crippen LogP contribution >= 0.6 is 23.5 Å². The van der Waals surface area contributed by atoms with Gasteiger partial charge in [0.2, 0.25) is 5.91 Å². The van der Waals surface area contributed by atoms with Crippen molar-refractivity contribution in [2.75, 3.05) is 37.1 Å². The van der Waals surface area contributed by atoms with Gasteiger partial charge in [-0.05, 0) is 71.5 Å². The summed E-state index contributed by atoms with van der Waals surface area (Å²) in [5.74, 6) is 0.715. The van der Waals surface area contributed by atoms with Crippen LogP contribution in [0.1, 0.15) is 41.0 Å². The maximum Gasteiger partial charge on any atom is 0.315 e. The average molecular weight is 706 g/mol. The molecule has 2 aromatic carbocycles. The van der Waals surface area contributed by atoms with Crippen molar-refractivity contribution in [2.24, 2.45) is 17.8 Å². The van der Waals surface area contributed by atoms with Crippen LogP contribution in [-0.2, 0) is 30.6 Å². The normalized spacial score (nSPS) is 29.8. The van der Waals surface area contributed by atoms with Crippen molar-refractivity contribution in [3.63, 3.8) is 0 Å². The quantitative estimate of drug-likeness (QED) is 0.178. The summed E-state index contributed by atoms with van der Waals surface area (Å²) in [7, 11) is 3.17. The number of anilines is 2. The van der Waals surface area contributed by atoms with E-state index in [4.69, 9.17) is 9.47 Å². The predicted octanol–water partition coefficient (Wildman–Crippen LogP) is 5.85. The summed E-state index contributed by atoms with van der Waals surface area (Å²) in [4.78, 5) is 41.7. The lowest BCUT2D eigenvalue weighted by atomic mass is 9.61. The summed E-state index contributed by atoms with van der Waals surface area (Å²) in [6, 6.07) is 25.4. The van der Waals surface area contributed by atoms with E-state index in [9.17, 15) is 9.59 Å². The van der Waals surface area contributed by atoms with E-state index in [0.29, 0.717) is 13.1 Å². The zero-order valence-corrected chi connectivity index (χ0v) is 29.8. The van der Waals surface area contributed by atoms with Crippen LogP contribution in [0.15, 0.2) is 95.2 Å². The number of nitrogens with zero attached hydrogens (tertiary/aromatic N) is 4. The van der Waals surface area contributed by atoms with Gasteiger partial charge in [0.05, 0.1) is 35.2 Å². The Hall–Kier alpha value is -4.06. The van der Waals surface area contributed by atoms with Crippen molar-refractivity contribution in [3.8, 4) is 0 Å². The van der Waals surface area contributed by atoms with Crippen molar-refractivity contribution in [1.29, 1.82) is 0 Å². The van der Waals surface area contributed by atoms with Crippen molar-refractivity contribution < 1.29 is 19.1 Å². The Labute approximate surface area is 300 Å². The van der Waals surface area contributed by atoms with E-state index in [2.05, 4.69) is 61.5 Å². The van der Waals surface area contributed by atoms with Crippen molar-refractivity contribution in [3.05, 3.63) is 107 Å². The third-order valence-corrected chi connectivity index (χ3v) is 13.8. The molecule has 2 aromatic heterocycles. The van der Waals surface area contributed by atoms with E-state index in [1.54, 1.807) is 30.6 Å². The smallest absolute Gasteiger partial charge is 0.315 e. The third-order valence-electron chi connectivity index (χ3n) is 11.8. The van der Waals surface area contributed by atoms with Gasteiger partial charge in [0.25, 0.3) is 0 Å². The molecule has 0 spiro atoms. The predicted molar refractivity (Wildman–Crippen MR) is 194 cm³/mol. The van der Waals surface area contributed by atoms with Gasteiger partial charge in [-0.25, -0.2) is 9.97 Å². The zero-order valence-electron chi connectivity index (χ0n) is 28.2. The van der Waals surface area contributed by atoms with Crippen LogP contribution in [0.2, 0.25) is 0 Å². The highest BCUT2D eigenvalue weighted by Gasteiger charge is 2.69. The second-order valence-corrected chi connectivity index (χ2v) is 16.0. The fourth-order valence-corrected chi connectivity index (χ4v) is 11.3. The van der Waals surface area contributed by atoms with Gasteiger partial charge >= 0.3 is 5.97 Å². The molecular weight excluding hydrogens is 667 g/mol. The van der Waals surface area contributed by atoms with Gasteiger partial charge in [-0.1, -0.05) is 36.4 Å². The fraction of sp³-hybridized carbons (Fsp3) is 0.385. The number of hydrogen-bond acceptors (Lipinski definition) is 10. The average Bonchev–Trinajstić information content (AvgIpc) is 3.78. The summed E-state index contributed by atoms with van der Waals surface area (Å²) in [6.07, 6.45) is 3.65. The Morgan fingerprint density at radius 1 is 0.860 bits per heavy atom. The molecule has 8 unspecified atom stereocenters. The number of pyridine rings is 2. The highest BCUT2D eigenvalue weighted by Crippen LogP contribution is 2.65. The number of thioether (sulfide) groups is 2. The molecule has 256 valence electrons. The Morgan fingerprint density at radius 2 is 1.50 bits per heavy atom. The van der Waals surface area contributed by atoms with Gasteiger partial charge in [-0.3, -0.25) is 9.59 Å². The number of aromatic nitrogens is 2. The summed E-state index contributed by atoms with van der Waals surface area (Å²) in [6.45, 7) is 3.11. The van der Waals surface area contributed by atoms with Crippen molar-refractivity contribution in [2.45, 2.75) is 58.1 Å². The van der Waals surface area contributed by atoms with E-state index >= 15 is 0 Å². The molecule has 11 heteroatoms. The van der Waals surface area contributed by atoms with Crippen LogP contribution in [0.4, 0.5) is 11.4 Å². The van der Waals surface area contributed by atoms with Crippen LogP contribution in [-0.4, -0.2) is 67.0 Å². The number of nitrogens with one attached hydrogen (secondary N) is 1. The van der Waals surface area contributed by atoms with Crippen LogP contribution in [0.25, 0.3) is 0 Å². The largest absolute Gasteiger partial charge is 0.469 e. The van der Waals surface area contributed by atoms with Crippen LogP contribution in [0, 0.1) is 17.8 Å². The number of esters is 1. The first kappa shape index (κ1) is 31.9. The van der Waals surface area contributed by atoms with E-state index in [-0.39, 0.29) is 47.6 Å². The van der Waals surface area contributed by atoms with Gasteiger partial charge in [0, 0.05) is 67.3 Å². The molecule has 9 nitrogen and oxygen atoms in total. The van der Waals surface area contributed by atoms with Gasteiger partial charge < -0.3 is 24.6 Å². The van der Waals surface area contributed by atoms with Gasteiger partial charge in [0.15, 0.2) is 5.72 Å². The Kier molecular flexibility index (Phi) is 7.85. The molecule has 2 saturated heterocycles. The molecule has 4 aliphatic heterocycles. The van der Waals surface area contributed by atoms with E-state index in [0.717, 1.165) is 32.9 Å². The first-order valence-corrected chi connectivity index (χ1v) is 19.2. The molecule has 1 amide bonds. The lowest BCUT2D eigenvalue weighted by molar-refractivity contribution is -0.156. The molecular formula is C39H39N5O4S2. The molecule has 3 fully saturated rings. The maximum atomic E-state index is 14.0. The minimum absolute atomic E-state index is 0.0269. The fourth-order valence-electron chi connectivity index (χ4n) is 9.68. The van der Waals surface area contributed by atoms with E-state index < -0.39 is 11.6 Å². The number of amides is 1. The van der Waals surface area contributed by atoms with Crippen molar-refractivity contribution >= 4 is 46.8 Å². The Balaban J connectivity index is 1.18. The highest BCUT2D eigenvalue weighted by atomic mass is 32.2. The number of rotatable bonds is 8. The van der Waals surface area contributed by atoms with Crippen LogP contribution in [0.3, 0.4) is 0 Å². The van der Waals surface area contributed by atoms with Crippen LogP contribution < -0.4 is 15.1 Å². The number of hydrogen-bond donors (Lipinski definition) is 1. The number of carbonyl (C=O) groups is 2. The molecule has 5 aliphatic rings. The Morgan fingerprint density at radius 3 is 2.10 bits per heavy atom. The summed E-state index contributed by atoms with van der Waals surface area (Å²) in [5, 5.41) is 5.27. The minimum Gasteiger partial charge on any atom is -0.469 e. The second-order valence-electron chi connectivity index (χ2n) is 14.0. The standard InChI is InChI=1S/C39H39N5O4S2/c1-39(48-3)27(38(46)47-2)19-43-28-12-10-22(20-49-30-8-4-6-14-40-30)16-24(28)33-34-26(18-42-37(34)45)32-25-17-23(21-50-31-9-5-7-15-41-31)11-13-29(25)44(39)36(32)35(33)43/h4-17,26-27,32-36H,18-21H2,1-3H3,(H,42,45). The first-order chi connectivity index (χ1) is 24.4. The molecule has 4 aromatic rings. The second kappa shape index (κ2) is 12.3. The van der Waals surface area contributed by atoms with Gasteiger partial charge in [-0.15, -0.1) is 23.5 Å². The van der Waals surface area contributed by atoms with Gasteiger partial charge in [-0.2, -0.15) is 0 Å². The van der Waals surface area contributed by atoms with E-state index in [1.807, 2.05) is 55.7 Å². The SMILES string of the molecule is COC(=O)C1CN2c3ccc(CSc4ccccn4)cc3C3C4C(=O)NCC4C4c5cc(CSc6ccccn6)ccc5N(C4C32)C1(C)OC. The van der Waals surface area contributed by atoms with Crippen molar-refractivity contribution in [1.82, 2.24) is 15.3 Å². The summed E-state index contributed by atoms with van der Waals surface area (Å²) < 4.78 is 12.0. The summed E-state index contributed by atoms with van der Waals surface area (Å²) in [5.41, 5.74) is 6.03. The molecule has 0 radical (unpaired) electrons. The molecule has 1 aliphatic carbocycles. The van der Waals surface area contributed by atoms with Crippen LogP contribution in [0.5, 0.6) is 0 Å². The number of methoxy groups -OCH3 is 2. The lowest BCUT2D eigenvalue weighted by Crippen LogP contribution is -2.63. The number of benzene rings is 2. The number of ether oxygens (including phenoxy) is 2.